The van der Waals surface area contributed by atoms with E-state index >= 15 is 0 Å². The van der Waals surface area contributed by atoms with E-state index in [4.69, 9.17) is 9.15 Å². The van der Waals surface area contributed by atoms with E-state index in [2.05, 4.69) is 6.08 Å². The van der Waals surface area contributed by atoms with Gasteiger partial charge in [-0.25, -0.2) is 0 Å². The molecule has 0 unspecified atom stereocenters. The number of hydrogen-bond donors (Lipinski definition) is 0. The molecular formula is C19H18O3. The second-order valence-electron chi connectivity index (χ2n) is 5.57. The van der Waals surface area contributed by atoms with Crippen LogP contribution in [0.15, 0.2) is 57.3 Å². The summed E-state index contributed by atoms with van der Waals surface area (Å²) in [7, 11) is 1.62. The number of ether oxygens (including phenoxy) is 1. The van der Waals surface area contributed by atoms with Crippen molar-refractivity contribution in [2.45, 2.75) is 20.3 Å². The lowest BCUT2D eigenvalue weighted by Gasteiger charge is -2.09. The van der Waals surface area contributed by atoms with E-state index in [0.717, 1.165) is 5.56 Å². The van der Waals surface area contributed by atoms with Crippen LogP contribution in [0.2, 0.25) is 0 Å². The van der Waals surface area contributed by atoms with Gasteiger partial charge in [-0.1, -0.05) is 23.8 Å². The molecule has 3 rings (SSSR count). The van der Waals surface area contributed by atoms with E-state index in [-0.39, 0.29) is 5.43 Å². The van der Waals surface area contributed by atoms with Crippen LogP contribution in [-0.4, -0.2) is 7.11 Å². The van der Waals surface area contributed by atoms with Crippen molar-refractivity contribution in [3.05, 3.63) is 63.8 Å². The molecule has 0 bridgehead atoms. The van der Waals surface area contributed by atoms with Gasteiger partial charge in [-0.3, -0.25) is 4.79 Å². The molecular weight excluding hydrogens is 276 g/mol. The predicted octanol–water partition coefficient (Wildman–Crippen LogP) is 4.46. The molecule has 0 saturated carbocycles. The van der Waals surface area contributed by atoms with E-state index in [1.165, 1.54) is 5.57 Å². The number of para-hydroxylation sites is 1. The van der Waals surface area contributed by atoms with Gasteiger partial charge in [0.25, 0.3) is 0 Å². The SMILES string of the molecule is COc1cc(CC=C(C)C)c2c(=O)c3ccccc3oc2c1. The minimum atomic E-state index is 0.0108. The molecule has 0 spiro atoms. The van der Waals surface area contributed by atoms with Gasteiger partial charge in [-0.05, 0) is 44.0 Å². The third-order valence-corrected chi connectivity index (χ3v) is 3.70. The summed E-state index contributed by atoms with van der Waals surface area (Å²) in [5, 5.41) is 1.25. The van der Waals surface area contributed by atoms with E-state index in [1.54, 1.807) is 19.2 Å². The molecule has 3 aromatic rings. The molecule has 0 amide bonds. The summed E-state index contributed by atoms with van der Waals surface area (Å²) >= 11 is 0. The Balaban J connectivity index is 2.39. The average Bonchev–Trinajstić information content (AvgIpc) is 2.52. The smallest absolute Gasteiger partial charge is 0.200 e. The highest BCUT2D eigenvalue weighted by atomic mass is 16.5. The van der Waals surface area contributed by atoms with Crippen molar-refractivity contribution in [2.75, 3.05) is 7.11 Å². The topological polar surface area (TPSA) is 39.4 Å². The maximum Gasteiger partial charge on any atom is 0.200 e. The van der Waals surface area contributed by atoms with Crippen molar-refractivity contribution in [3.63, 3.8) is 0 Å². The zero-order chi connectivity index (χ0) is 15.7. The fraction of sp³-hybridized carbons (Fsp3) is 0.211. The maximum absolute atomic E-state index is 12.8. The Labute approximate surface area is 128 Å². The zero-order valence-electron chi connectivity index (χ0n) is 13.0. The van der Waals surface area contributed by atoms with Crippen LogP contribution in [0.25, 0.3) is 21.9 Å². The van der Waals surface area contributed by atoms with Crippen LogP contribution in [0.4, 0.5) is 0 Å². The van der Waals surface area contributed by atoms with Crippen molar-refractivity contribution >= 4 is 21.9 Å². The first-order valence-electron chi connectivity index (χ1n) is 7.26. The predicted molar refractivity (Wildman–Crippen MR) is 89.7 cm³/mol. The Morgan fingerprint density at radius 2 is 1.95 bits per heavy atom. The van der Waals surface area contributed by atoms with Gasteiger partial charge >= 0.3 is 0 Å². The van der Waals surface area contributed by atoms with Gasteiger partial charge in [0.1, 0.15) is 16.9 Å². The Kier molecular flexibility index (Phi) is 3.72. The molecule has 1 aromatic heterocycles. The molecule has 2 aromatic carbocycles. The number of benzene rings is 2. The molecule has 3 heteroatoms. The highest BCUT2D eigenvalue weighted by Crippen LogP contribution is 2.27. The summed E-state index contributed by atoms with van der Waals surface area (Å²) in [6, 6.07) is 11.0. The van der Waals surface area contributed by atoms with Crippen LogP contribution in [0, 0.1) is 0 Å². The monoisotopic (exact) mass is 294 g/mol. The van der Waals surface area contributed by atoms with Crippen molar-refractivity contribution in [1.82, 2.24) is 0 Å². The second-order valence-corrected chi connectivity index (χ2v) is 5.57. The molecule has 0 aliphatic rings. The largest absolute Gasteiger partial charge is 0.497 e. The summed E-state index contributed by atoms with van der Waals surface area (Å²) in [5.41, 5.74) is 3.31. The summed E-state index contributed by atoms with van der Waals surface area (Å²) in [5.74, 6) is 0.697. The van der Waals surface area contributed by atoms with E-state index in [9.17, 15) is 4.79 Å². The second kappa shape index (κ2) is 5.68. The average molecular weight is 294 g/mol. The van der Waals surface area contributed by atoms with Crippen LogP contribution in [0.1, 0.15) is 19.4 Å². The molecule has 0 aliphatic heterocycles. The third kappa shape index (κ3) is 2.50. The number of allylic oxidation sites excluding steroid dienone is 2. The number of fused-ring (bicyclic) bond motifs is 2. The number of rotatable bonds is 3. The van der Waals surface area contributed by atoms with Gasteiger partial charge in [-0.2, -0.15) is 0 Å². The highest BCUT2D eigenvalue weighted by Gasteiger charge is 2.13. The normalized spacial score (nSPS) is 10.9. The first kappa shape index (κ1) is 14.4. The van der Waals surface area contributed by atoms with Gasteiger partial charge in [0.05, 0.1) is 17.9 Å². The summed E-state index contributed by atoms with van der Waals surface area (Å²) < 4.78 is 11.3. The molecule has 0 fully saturated rings. The minimum Gasteiger partial charge on any atom is -0.497 e. The van der Waals surface area contributed by atoms with Gasteiger partial charge < -0.3 is 9.15 Å². The Bertz CT molecular complexity index is 928. The van der Waals surface area contributed by atoms with Gasteiger partial charge in [0, 0.05) is 6.07 Å². The van der Waals surface area contributed by atoms with E-state index in [1.807, 2.05) is 38.1 Å². The highest BCUT2D eigenvalue weighted by molar-refractivity contribution is 5.92. The van der Waals surface area contributed by atoms with E-state index < -0.39 is 0 Å². The first-order chi connectivity index (χ1) is 10.6. The Morgan fingerprint density at radius 3 is 2.68 bits per heavy atom. The molecule has 0 saturated heterocycles. The molecule has 0 N–H and O–H groups in total. The van der Waals surface area contributed by atoms with Crippen LogP contribution in [-0.2, 0) is 6.42 Å². The van der Waals surface area contributed by atoms with E-state index in [0.29, 0.717) is 34.1 Å². The number of hydrogen-bond acceptors (Lipinski definition) is 3. The van der Waals surface area contributed by atoms with Crippen LogP contribution in [0.5, 0.6) is 5.75 Å². The third-order valence-electron chi connectivity index (χ3n) is 3.70. The van der Waals surface area contributed by atoms with Crippen LogP contribution < -0.4 is 10.2 Å². The quantitative estimate of drug-likeness (QED) is 0.528. The molecule has 1 heterocycles. The van der Waals surface area contributed by atoms with Crippen molar-refractivity contribution in [2.24, 2.45) is 0 Å². The van der Waals surface area contributed by atoms with Crippen molar-refractivity contribution in [3.8, 4) is 5.75 Å². The summed E-state index contributed by atoms with van der Waals surface area (Å²) in [6.07, 6.45) is 2.78. The molecule has 0 atom stereocenters. The Hall–Kier alpha value is -2.55. The number of methoxy groups -OCH3 is 1. The van der Waals surface area contributed by atoms with Gasteiger partial charge in [0.2, 0.25) is 5.43 Å². The Morgan fingerprint density at radius 1 is 1.18 bits per heavy atom. The lowest BCUT2D eigenvalue weighted by Crippen LogP contribution is -2.05. The molecule has 3 nitrogen and oxygen atoms in total. The fourth-order valence-electron chi connectivity index (χ4n) is 2.57. The van der Waals surface area contributed by atoms with Gasteiger partial charge in [-0.15, -0.1) is 0 Å². The van der Waals surface area contributed by atoms with Crippen LogP contribution in [0.3, 0.4) is 0 Å². The van der Waals surface area contributed by atoms with Crippen LogP contribution >= 0.6 is 0 Å². The molecule has 22 heavy (non-hydrogen) atoms. The summed E-state index contributed by atoms with van der Waals surface area (Å²) in [6.45, 7) is 4.08. The lowest BCUT2D eigenvalue weighted by molar-refractivity contribution is 0.414. The maximum atomic E-state index is 12.8. The molecule has 0 radical (unpaired) electrons. The minimum absolute atomic E-state index is 0.0108. The standard InChI is InChI=1S/C19H18O3/c1-12(2)8-9-13-10-14(21-3)11-17-18(13)19(20)15-6-4-5-7-16(15)22-17/h4-8,10-11H,9H2,1-3H3. The molecule has 112 valence electrons. The first-order valence-corrected chi connectivity index (χ1v) is 7.26. The fourth-order valence-corrected chi connectivity index (χ4v) is 2.57. The lowest BCUT2D eigenvalue weighted by atomic mass is 10.0. The molecule has 0 aliphatic carbocycles. The zero-order valence-corrected chi connectivity index (χ0v) is 13.0. The van der Waals surface area contributed by atoms with Crippen molar-refractivity contribution in [1.29, 1.82) is 0 Å². The van der Waals surface area contributed by atoms with Gasteiger partial charge in [0.15, 0.2) is 0 Å². The summed E-state index contributed by atoms with van der Waals surface area (Å²) in [4.78, 5) is 12.8. The van der Waals surface area contributed by atoms with Crippen molar-refractivity contribution < 1.29 is 9.15 Å².